The molecule has 0 atom stereocenters. The molecule has 1 aromatic rings. The van der Waals surface area contributed by atoms with Crippen LogP contribution in [-0.4, -0.2) is 21.1 Å². The SMILES string of the molecule is CS(=O)(=O)c1cc(F)c(NC=O)c(F)c1. The van der Waals surface area contributed by atoms with Crippen molar-refractivity contribution in [3.8, 4) is 0 Å². The van der Waals surface area contributed by atoms with E-state index in [0.717, 1.165) is 6.26 Å². The second-order valence-corrected chi connectivity index (χ2v) is 4.81. The fraction of sp³-hybridized carbons (Fsp3) is 0.125. The van der Waals surface area contributed by atoms with Crippen molar-refractivity contribution in [1.29, 1.82) is 0 Å². The van der Waals surface area contributed by atoms with Gasteiger partial charge in [-0.05, 0) is 12.1 Å². The van der Waals surface area contributed by atoms with Gasteiger partial charge in [-0.2, -0.15) is 0 Å². The molecule has 0 radical (unpaired) electrons. The van der Waals surface area contributed by atoms with Crippen LogP contribution in [0, 0.1) is 11.6 Å². The molecule has 1 amide bonds. The Morgan fingerprint density at radius 1 is 1.27 bits per heavy atom. The van der Waals surface area contributed by atoms with Crippen molar-refractivity contribution in [2.24, 2.45) is 0 Å². The van der Waals surface area contributed by atoms with E-state index < -0.39 is 32.1 Å². The third-order valence-corrected chi connectivity index (χ3v) is 2.74. The van der Waals surface area contributed by atoms with Gasteiger partial charge in [0, 0.05) is 6.26 Å². The van der Waals surface area contributed by atoms with E-state index in [0.29, 0.717) is 12.1 Å². The van der Waals surface area contributed by atoms with Crippen LogP contribution in [0.3, 0.4) is 0 Å². The van der Waals surface area contributed by atoms with Crippen LogP contribution >= 0.6 is 0 Å². The zero-order chi connectivity index (χ0) is 11.6. The highest BCUT2D eigenvalue weighted by Crippen LogP contribution is 2.22. The fourth-order valence-corrected chi connectivity index (χ4v) is 1.60. The van der Waals surface area contributed by atoms with Gasteiger partial charge in [-0.1, -0.05) is 0 Å². The number of halogens is 2. The fourth-order valence-electron chi connectivity index (χ4n) is 0.961. The zero-order valence-corrected chi connectivity index (χ0v) is 8.44. The molecule has 0 aliphatic heterocycles. The van der Waals surface area contributed by atoms with Crippen molar-refractivity contribution in [3.63, 3.8) is 0 Å². The summed E-state index contributed by atoms with van der Waals surface area (Å²) in [4.78, 5) is 9.52. The summed E-state index contributed by atoms with van der Waals surface area (Å²) in [6.45, 7) is 0. The number of hydrogen-bond donors (Lipinski definition) is 1. The number of nitrogens with one attached hydrogen (secondary N) is 1. The van der Waals surface area contributed by atoms with Gasteiger partial charge in [0.2, 0.25) is 6.41 Å². The number of rotatable bonds is 3. The number of amides is 1. The van der Waals surface area contributed by atoms with E-state index >= 15 is 0 Å². The lowest BCUT2D eigenvalue weighted by Gasteiger charge is -2.05. The Morgan fingerprint density at radius 2 is 1.73 bits per heavy atom. The minimum atomic E-state index is -3.68. The first-order valence-electron chi connectivity index (χ1n) is 3.75. The lowest BCUT2D eigenvalue weighted by Crippen LogP contribution is -2.04. The van der Waals surface area contributed by atoms with Gasteiger partial charge in [-0.3, -0.25) is 4.79 Å². The van der Waals surface area contributed by atoms with E-state index in [1.807, 2.05) is 0 Å². The number of hydrogen-bond acceptors (Lipinski definition) is 3. The quantitative estimate of drug-likeness (QED) is 0.793. The maximum Gasteiger partial charge on any atom is 0.211 e. The van der Waals surface area contributed by atoms with E-state index in [1.54, 1.807) is 5.32 Å². The van der Waals surface area contributed by atoms with Gasteiger partial charge in [0.05, 0.1) is 4.90 Å². The third-order valence-electron chi connectivity index (χ3n) is 1.65. The topological polar surface area (TPSA) is 63.2 Å². The number of sulfone groups is 1. The molecule has 0 aliphatic carbocycles. The summed E-state index contributed by atoms with van der Waals surface area (Å²) in [5, 5.41) is 1.80. The first-order valence-corrected chi connectivity index (χ1v) is 5.64. The van der Waals surface area contributed by atoms with Gasteiger partial charge in [-0.25, -0.2) is 17.2 Å². The average molecular weight is 235 g/mol. The molecule has 0 saturated heterocycles. The van der Waals surface area contributed by atoms with E-state index in [1.165, 1.54) is 0 Å². The van der Waals surface area contributed by atoms with Gasteiger partial charge >= 0.3 is 0 Å². The minimum Gasteiger partial charge on any atom is -0.324 e. The first kappa shape index (κ1) is 11.6. The summed E-state index contributed by atoms with van der Waals surface area (Å²) in [6.07, 6.45) is 0.926. The molecule has 0 aromatic heterocycles. The van der Waals surface area contributed by atoms with E-state index in [2.05, 4.69) is 0 Å². The van der Waals surface area contributed by atoms with E-state index in [9.17, 15) is 22.0 Å². The number of carbonyl (C=O) groups excluding carboxylic acids is 1. The Bertz CT molecular complexity index is 476. The van der Waals surface area contributed by atoms with Crippen molar-refractivity contribution in [1.82, 2.24) is 0 Å². The number of benzene rings is 1. The monoisotopic (exact) mass is 235 g/mol. The number of carbonyl (C=O) groups is 1. The summed E-state index contributed by atoms with van der Waals surface area (Å²) >= 11 is 0. The minimum absolute atomic E-state index is 0.0988. The van der Waals surface area contributed by atoms with Crippen molar-refractivity contribution in [2.75, 3.05) is 11.6 Å². The largest absolute Gasteiger partial charge is 0.324 e. The highest BCUT2D eigenvalue weighted by molar-refractivity contribution is 7.90. The molecule has 4 nitrogen and oxygen atoms in total. The molecule has 15 heavy (non-hydrogen) atoms. The standard InChI is InChI=1S/C8H7F2NO3S/c1-15(13,14)5-2-6(9)8(11-4-12)7(10)3-5/h2-4H,1H3,(H,11,12). The van der Waals surface area contributed by atoms with Crippen LogP contribution in [-0.2, 0) is 14.6 Å². The molecular formula is C8H7F2NO3S. The highest BCUT2D eigenvalue weighted by Gasteiger charge is 2.15. The predicted molar refractivity (Wildman–Crippen MR) is 49.2 cm³/mol. The lowest BCUT2D eigenvalue weighted by molar-refractivity contribution is -0.105. The van der Waals surface area contributed by atoms with Gasteiger partial charge in [-0.15, -0.1) is 0 Å². The summed E-state index contributed by atoms with van der Waals surface area (Å²) in [5.74, 6) is -2.27. The molecule has 0 bridgehead atoms. The Labute approximate surface area is 84.8 Å². The van der Waals surface area contributed by atoms with Crippen LogP contribution in [0.2, 0.25) is 0 Å². The third kappa shape index (κ3) is 2.50. The molecular weight excluding hydrogens is 228 g/mol. The smallest absolute Gasteiger partial charge is 0.211 e. The van der Waals surface area contributed by atoms with Gasteiger partial charge in [0.15, 0.2) is 21.5 Å². The molecule has 1 aromatic carbocycles. The zero-order valence-electron chi connectivity index (χ0n) is 7.62. The molecule has 0 unspecified atom stereocenters. The Kier molecular flexibility index (Phi) is 3.04. The second kappa shape index (κ2) is 3.93. The van der Waals surface area contributed by atoms with Crippen molar-refractivity contribution in [3.05, 3.63) is 23.8 Å². The van der Waals surface area contributed by atoms with Crippen LogP contribution < -0.4 is 5.32 Å². The van der Waals surface area contributed by atoms with Gasteiger partial charge in [0.25, 0.3) is 0 Å². The van der Waals surface area contributed by atoms with Gasteiger partial charge in [0.1, 0.15) is 5.69 Å². The Morgan fingerprint density at radius 3 is 2.07 bits per heavy atom. The molecule has 0 fully saturated rings. The van der Waals surface area contributed by atoms with E-state index in [4.69, 9.17) is 0 Å². The van der Waals surface area contributed by atoms with Crippen molar-refractivity contribution in [2.45, 2.75) is 4.90 Å². The summed E-state index contributed by atoms with van der Waals surface area (Å²) in [7, 11) is -3.68. The summed E-state index contributed by atoms with van der Waals surface area (Å²) in [5.41, 5.74) is -0.669. The van der Waals surface area contributed by atoms with Crippen LogP contribution in [0.4, 0.5) is 14.5 Å². The molecule has 82 valence electrons. The first-order chi connectivity index (χ1) is 6.86. The Balaban J connectivity index is 3.38. The van der Waals surface area contributed by atoms with Crippen LogP contribution in [0.5, 0.6) is 0 Å². The van der Waals surface area contributed by atoms with Crippen LogP contribution in [0.1, 0.15) is 0 Å². The molecule has 0 saturated carbocycles. The van der Waals surface area contributed by atoms with Crippen LogP contribution in [0.15, 0.2) is 17.0 Å². The Hall–Kier alpha value is -1.50. The van der Waals surface area contributed by atoms with Crippen molar-refractivity contribution >= 4 is 21.9 Å². The van der Waals surface area contributed by atoms with Gasteiger partial charge < -0.3 is 5.32 Å². The van der Waals surface area contributed by atoms with Crippen LogP contribution in [0.25, 0.3) is 0 Å². The molecule has 7 heteroatoms. The van der Waals surface area contributed by atoms with Crippen molar-refractivity contribution < 1.29 is 22.0 Å². The van der Waals surface area contributed by atoms with E-state index in [-0.39, 0.29) is 6.41 Å². The predicted octanol–water partition coefficient (Wildman–Crippen LogP) is 0.937. The molecule has 0 heterocycles. The highest BCUT2D eigenvalue weighted by atomic mass is 32.2. The lowest BCUT2D eigenvalue weighted by atomic mass is 10.3. The number of anilines is 1. The second-order valence-electron chi connectivity index (χ2n) is 2.80. The molecule has 0 spiro atoms. The summed E-state index contributed by atoms with van der Waals surface area (Å²) in [6, 6.07) is 1.29. The average Bonchev–Trinajstić information content (AvgIpc) is 2.09. The molecule has 0 aliphatic rings. The maximum absolute atomic E-state index is 13.1. The molecule has 1 rings (SSSR count). The molecule has 1 N–H and O–H groups in total. The summed E-state index contributed by atoms with van der Waals surface area (Å²) < 4.78 is 48.2. The maximum atomic E-state index is 13.1. The normalized spacial score (nSPS) is 11.1.